The predicted octanol–water partition coefficient (Wildman–Crippen LogP) is 4.03. The molecule has 6 heteroatoms. The Bertz CT molecular complexity index is 840. The van der Waals surface area contributed by atoms with Crippen LogP contribution in [0.1, 0.15) is 0 Å². The van der Waals surface area contributed by atoms with E-state index in [2.05, 4.69) is 15.3 Å². The van der Waals surface area contributed by atoms with Crippen molar-refractivity contribution in [3.05, 3.63) is 67.0 Å². The van der Waals surface area contributed by atoms with Gasteiger partial charge in [0.15, 0.2) is 0 Å². The van der Waals surface area contributed by atoms with Gasteiger partial charge in [-0.15, -0.1) is 11.6 Å². The number of alkyl halides is 1. The van der Waals surface area contributed by atoms with Crippen LogP contribution in [0.15, 0.2) is 67.0 Å². The first-order valence-electron chi connectivity index (χ1n) is 7.26. The van der Waals surface area contributed by atoms with Crippen LogP contribution < -0.4 is 10.1 Å². The van der Waals surface area contributed by atoms with Crippen LogP contribution in [0.5, 0.6) is 5.75 Å². The average molecular weight is 340 g/mol. The average Bonchev–Trinajstić information content (AvgIpc) is 2.63. The predicted molar refractivity (Wildman–Crippen MR) is 93.5 cm³/mol. The van der Waals surface area contributed by atoms with E-state index in [1.54, 1.807) is 18.2 Å². The van der Waals surface area contributed by atoms with Crippen molar-refractivity contribution < 1.29 is 9.53 Å². The summed E-state index contributed by atoms with van der Waals surface area (Å²) in [4.78, 5) is 19.8. The van der Waals surface area contributed by atoms with Crippen molar-refractivity contribution >= 4 is 29.1 Å². The van der Waals surface area contributed by atoms with Crippen molar-refractivity contribution in [2.75, 3.05) is 11.2 Å². The minimum Gasteiger partial charge on any atom is -0.426 e. The Hall–Kier alpha value is -2.92. The van der Waals surface area contributed by atoms with Crippen molar-refractivity contribution in [2.45, 2.75) is 0 Å². The Kier molecular flexibility index (Phi) is 5.03. The SMILES string of the molecule is O=C(CCl)Oc1cccc(Nc2cc(-c3ccccc3)ncn2)c1. The molecule has 0 aliphatic heterocycles. The molecule has 1 N–H and O–H groups in total. The van der Waals surface area contributed by atoms with Crippen LogP contribution in [0.4, 0.5) is 11.5 Å². The molecule has 0 spiro atoms. The summed E-state index contributed by atoms with van der Waals surface area (Å²) in [6.07, 6.45) is 1.50. The third-order valence-electron chi connectivity index (χ3n) is 3.18. The largest absolute Gasteiger partial charge is 0.426 e. The molecule has 120 valence electrons. The van der Waals surface area contributed by atoms with Gasteiger partial charge < -0.3 is 10.1 Å². The highest BCUT2D eigenvalue weighted by Gasteiger charge is 2.05. The number of nitrogens with one attached hydrogen (secondary N) is 1. The standard InChI is InChI=1S/C18H14ClN3O2/c19-11-18(23)24-15-8-4-7-14(9-15)22-17-10-16(20-12-21-17)13-5-2-1-3-6-13/h1-10,12H,11H2,(H,20,21,22). The molecule has 0 atom stereocenters. The van der Waals surface area contributed by atoms with E-state index in [0.29, 0.717) is 11.6 Å². The second kappa shape index (κ2) is 7.57. The minimum atomic E-state index is -0.498. The van der Waals surface area contributed by atoms with Crippen LogP contribution in [0.2, 0.25) is 0 Å². The summed E-state index contributed by atoms with van der Waals surface area (Å²) < 4.78 is 5.09. The van der Waals surface area contributed by atoms with Crippen LogP contribution in [-0.2, 0) is 4.79 Å². The van der Waals surface area contributed by atoms with Gasteiger partial charge in [0, 0.05) is 23.4 Å². The van der Waals surface area contributed by atoms with E-state index in [1.807, 2.05) is 42.5 Å². The Labute approximate surface area is 144 Å². The van der Waals surface area contributed by atoms with E-state index in [1.165, 1.54) is 6.33 Å². The number of ether oxygens (including phenoxy) is 1. The number of rotatable bonds is 5. The van der Waals surface area contributed by atoms with Gasteiger partial charge >= 0.3 is 5.97 Å². The Morgan fingerprint density at radius 1 is 1.04 bits per heavy atom. The zero-order chi connectivity index (χ0) is 16.8. The maximum absolute atomic E-state index is 11.3. The first-order valence-corrected chi connectivity index (χ1v) is 7.79. The quantitative estimate of drug-likeness (QED) is 0.432. The monoisotopic (exact) mass is 339 g/mol. The van der Waals surface area contributed by atoms with E-state index in [4.69, 9.17) is 16.3 Å². The summed E-state index contributed by atoms with van der Waals surface area (Å²) >= 11 is 5.44. The highest BCUT2D eigenvalue weighted by Crippen LogP contribution is 2.23. The fourth-order valence-electron chi connectivity index (χ4n) is 2.14. The number of carbonyl (C=O) groups excluding carboxylic acids is 1. The van der Waals surface area contributed by atoms with Gasteiger partial charge in [-0.25, -0.2) is 9.97 Å². The summed E-state index contributed by atoms with van der Waals surface area (Å²) in [6, 6.07) is 18.7. The van der Waals surface area contributed by atoms with Gasteiger partial charge in [0.05, 0.1) is 5.69 Å². The molecule has 3 aromatic rings. The maximum Gasteiger partial charge on any atom is 0.326 e. The molecule has 24 heavy (non-hydrogen) atoms. The van der Waals surface area contributed by atoms with Crippen molar-refractivity contribution in [1.29, 1.82) is 0 Å². The summed E-state index contributed by atoms with van der Waals surface area (Å²) in [5.74, 6) is 0.374. The number of benzene rings is 2. The van der Waals surface area contributed by atoms with Gasteiger partial charge in [-0.05, 0) is 12.1 Å². The third kappa shape index (κ3) is 4.08. The highest BCUT2D eigenvalue weighted by atomic mass is 35.5. The van der Waals surface area contributed by atoms with Crippen molar-refractivity contribution in [1.82, 2.24) is 9.97 Å². The van der Waals surface area contributed by atoms with E-state index >= 15 is 0 Å². The lowest BCUT2D eigenvalue weighted by atomic mass is 10.1. The molecule has 3 rings (SSSR count). The fraction of sp³-hybridized carbons (Fsp3) is 0.0556. The Morgan fingerprint density at radius 2 is 1.88 bits per heavy atom. The molecule has 0 bridgehead atoms. The molecule has 2 aromatic carbocycles. The lowest BCUT2D eigenvalue weighted by Crippen LogP contribution is -2.08. The molecule has 0 saturated heterocycles. The molecule has 0 amide bonds. The number of anilines is 2. The summed E-state index contributed by atoms with van der Waals surface area (Å²) in [5, 5.41) is 3.17. The molecule has 0 aliphatic carbocycles. The summed E-state index contributed by atoms with van der Waals surface area (Å²) in [7, 11) is 0. The lowest BCUT2D eigenvalue weighted by Gasteiger charge is -2.09. The molecule has 1 aromatic heterocycles. The van der Waals surface area contributed by atoms with Crippen LogP contribution >= 0.6 is 11.6 Å². The van der Waals surface area contributed by atoms with Gasteiger partial charge in [-0.1, -0.05) is 36.4 Å². The van der Waals surface area contributed by atoms with Crippen LogP contribution in [0.25, 0.3) is 11.3 Å². The molecular formula is C18H14ClN3O2. The number of esters is 1. The van der Waals surface area contributed by atoms with Gasteiger partial charge in [0.25, 0.3) is 0 Å². The smallest absolute Gasteiger partial charge is 0.326 e. The molecule has 0 radical (unpaired) electrons. The van der Waals surface area contributed by atoms with Crippen molar-refractivity contribution in [3.8, 4) is 17.0 Å². The maximum atomic E-state index is 11.3. The van der Waals surface area contributed by atoms with Gasteiger partial charge in [-0.2, -0.15) is 0 Å². The van der Waals surface area contributed by atoms with E-state index < -0.39 is 5.97 Å². The number of hydrogen-bond acceptors (Lipinski definition) is 5. The number of halogens is 1. The van der Waals surface area contributed by atoms with Crippen molar-refractivity contribution in [2.24, 2.45) is 0 Å². The second-order valence-corrected chi connectivity index (χ2v) is 5.18. The van der Waals surface area contributed by atoms with Crippen LogP contribution in [0, 0.1) is 0 Å². The fourth-order valence-corrected chi connectivity index (χ4v) is 2.19. The topological polar surface area (TPSA) is 64.1 Å². The number of hydrogen-bond donors (Lipinski definition) is 1. The number of carbonyl (C=O) groups is 1. The molecule has 0 unspecified atom stereocenters. The molecule has 5 nitrogen and oxygen atoms in total. The first kappa shape index (κ1) is 16.0. The number of nitrogens with zero attached hydrogens (tertiary/aromatic N) is 2. The molecule has 1 heterocycles. The summed E-state index contributed by atoms with van der Waals surface area (Å²) in [5.41, 5.74) is 2.57. The third-order valence-corrected chi connectivity index (χ3v) is 3.40. The van der Waals surface area contributed by atoms with E-state index in [0.717, 1.165) is 16.9 Å². The lowest BCUT2D eigenvalue weighted by molar-refractivity contribution is -0.131. The Balaban J connectivity index is 1.79. The van der Waals surface area contributed by atoms with Gasteiger partial charge in [0.2, 0.25) is 0 Å². The molecule has 0 saturated carbocycles. The minimum absolute atomic E-state index is 0.190. The number of aromatic nitrogens is 2. The Morgan fingerprint density at radius 3 is 2.67 bits per heavy atom. The van der Waals surface area contributed by atoms with Crippen LogP contribution in [0.3, 0.4) is 0 Å². The zero-order valence-electron chi connectivity index (χ0n) is 12.6. The van der Waals surface area contributed by atoms with Crippen molar-refractivity contribution in [3.63, 3.8) is 0 Å². The highest BCUT2D eigenvalue weighted by molar-refractivity contribution is 6.26. The molecule has 0 fully saturated rings. The molecular weight excluding hydrogens is 326 g/mol. The van der Waals surface area contributed by atoms with Gasteiger partial charge in [-0.3, -0.25) is 4.79 Å². The van der Waals surface area contributed by atoms with E-state index in [-0.39, 0.29) is 5.88 Å². The normalized spacial score (nSPS) is 10.2. The summed E-state index contributed by atoms with van der Waals surface area (Å²) in [6.45, 7) is 0. The second-order valence-electron chi connectivity index (χ2n) is 4.92. The zero-order valence-corrected chi connectivity index (χ0v) is 13.4. The molecule has 0 aliphatic rings. The first-order chi connectivity index (χ1) is 11.7. The van der Waals surface area contributed by atoms with Gasteiger partial charge in [0.1, 0.15) is 23.8 Å². The van der Waals surface area contributed by atoms with E-state index in [9.17, 15) is 4.79 Å². The van der Waals surface area contributed by atoms with Crippen LogP contribution in [-0.4, -0.2) is 21.8 Å².